The molecule has 6 rings (SSSR count). The summed E-state index contributed by atoms with van der Waals surface area (Å²) >= 11 is 0. The maximum absolute atomic E-state index is 14.1. The van der Waals surface area contributed by atoms with Crippen molar-refractivity contribution in [1.29, 1.82) is 10.5 Å². The van der Waals surface area contributed by atoms with Gasteiger partial charge in [-0.2, -0.15) is 10.5 Å². The summed E-state index contributed by atoms with van der Waals surface area (Å²) in [5.41, 5.74) is 6.49. The SMILES string of the molecule is Cc1ccc(-c2c(-c3ccc(C#N)cc3)cc(OC[C@@H]3CCNC3)c3nn(Cc4ccc(C#N)cc4)c(=O)n23)cc1. The van der Waals surface area contributed by atoms with Crippen LogP contribution in [0.2, 0.25) is 0 Å². The standard InChI is InChI=1S/C33H28N6O2/c1-22-2-10-28(11-3-22)31-29(27-12-8-24(18-35)9-13-27)16-30(41-21-26-14-15-36-19-26)32-37-38(33(40)39(31)32)20-25-6-4-23(17-34)5-7-25/h2-13,16,26,36H,14-15,19-21H2,1H3/t26-/m1/s1. The summed E-state index contributed by atoms with van der Waals surface area (Å²) in [4.78, 5) is 14.1. The average Bonchev–Trinajstić information content (AvgIpc) is 3.65. The van der Waals surface area contributed by atoms with Crippen molar-refractivity contribution in [3.05, 3.63) is 112 Å². The third-order valence-electron chi connectivity index (χ3n) is 7.52. The van der Waals surface area contributed by atoms with Crippen LogP contribution in [-0.2, 0) is 6.54 Å². The number of fused-ring (bicyclic) bond motifs is 1. The lowest BCUT2D eigenvalue weighted by atomic mass is 9.97. The van der Waals surface area contributed by atoms with Crippen molar-refractivity contribution in [1.82, 2.24) is 19.5 Å². The third-order valence-corrected chi connectivity index (χ3v) is 7.52. The van der Waals surface area contributed by atoms with Gasteiger partial charge in [-0.3, -0.25) is 0 Å². The van der Waals surface area contributed by atoms with E-state index in [1.54, 1.807) is 28.7 Å². The van der Waals surface area contributed by atoms with Crippen LogP contribution in [0.15, 0.2) is 83.7 Å². The van der Waals surface area contributed by atoms with E-state index in [4.69, 9.17) is 15.1 Å². The van der Waals surface area contributed by atoms with Gasteiger partial charge < -0.3 is 10.1 Å². The van der Waals surface area contributed by atoms with E-state index >= 15 is 0 Å². The van der Waals surface area contributed by atoms with Crippen molar-refractivity contribution in [2.24, 2.45) is 5.92 Å². The second-order valence-corrected chi connectivity index (χ2v) is 10.4. The van der Waals surface area contributed by atoms with E-state index in [0.29, 0.717) is 40.7 Å². The Morgan fingerprint density at radius 3 is 2.24 bits per heavy atom. The quantitative estimate of drug-likeness (QED) is 0.314. The van der Waals surface area contributed by atoms with Crippen LogP contribution in [-0.4, -0.2) is 33.9 Å². The molecule has 0 saturated carbocycles. The molecule has 1 aliphatic heterocycles. The molecular formula is C33H28N6O2. The number of hydrogen-bond donors (Lipinski definition) is 1. The van der Waals surface area contributed by atoms with Gasteiger partial charge >= 0.3 is 5.69 Å². The van der Waals surface area contributed by atoms with Gasteiger partial charge in [-0.05, 0) is 66.9 Å². The molecule has 5 aromatic rings. The molecule has 1 fully saturated rings. The summed E-state index contributed by atoms with van der Waals surface area (Å²) in [5.74, 6) is 0.903. The highest BCUT2D eigenvalue weighted by Crippen LogP contribution is 2.37. The second kappa shape index (κ2) is 11.1. The molecule has 1 saturated heterocycles. The fourth-order valence-corrected chi connectivity index (χ4v) is 5.22. The van der Waals surface area contributed by atoms with E-state index in [2.05, 4.69) is 17.5 Å². The van der Waals surface area contributed by atoms with Crippen molar-refractivity contribution < 1.29 is 4.74 Å². The molecule has 1 aliphatic rings. The minimum Gasteiger partial charge on any atom is -0.489 e. The van der Waals surface area contributed by atoms with Crippen molar-refractivity contribution in [2.45, 2.75) is 19.9 Å². The number of nitrogens with zero attached hydrogens (tertiary/aromatic N) is 5. The molecule has 0 amide bonds. The fourth-order valence-electron chi connectivity index (χ4n) is 5.22. The maximum Gasteiger partial charge on any atom is 0.351 e. The van der Waals surface area contributed by atoms with Crippen molar-refractivity contribution in [2.75, 3.05) is 19.7 Å². The molecule has 2 aromatic heterocycles. The predicted molar refractivity (Wildman–Crippen MR) is 157 cm³/mol. The lowest BCUT2D eigenvalue weighted by molar-refractivity contribution is 0.261. The van der Waals surface area contributed by atoms with E-state index in [1.165, 1.54) is 4.68 Å². The van der Waals surface area contributed by atoms with Crippen LogP contribution in [0.3, 0.4) is 0 Å². The lowest BCUT2D eigenvalue weighted by Crippen LogP contribution is -2.23. The maximum atomic E-state index is 14.1. The first-order valence-corrected chi connectivity index (χ1v) is 13.6. The van der Waals surface area contributed by atoms with E-state index < -0.39 is 0 Å². The Labute approximate surface area is 237 Å². The number of aryl methyl sites for hydroxylation is 1. The van der Waals surface area contributed by atoms with Crippen molar-refractivity contribution in [3.63, 3.8) is 0 Å². The number of pyridine rings is 1. The van der Waals surface area contributed by atoms with Crippen LogP contribution >= 0.6 is 0 Å². The number of nitrogens with one attached hydrogen (secondary N) is 1. The third kappa shape index (κ3) is 5.21. The number of ether oxygens (including phenoxy) is 1. The molecule has 3 heterocycles. The van der Waals surface area contributed by atoms with Gasteiger partial charge in [0.15, 0.2) is 5.75 Å². The number of hydrogen-bond acceptors (Lipinski definition) is 6. The zero-order chi connectivity index (χ0) is 28.3. The molecule has 1 N–H and O–H groups in total. The minimum absolute atomic E-state index is 0.248. The Morgan fingerprint density at radius 2 is 1.61 bits per heavy atom. The zero-order valence-electron chi connectivity index (χ0n) is 22.7. The Balaban J connectivity index is 1.57. The van der Waals surface area contributed by atoms with Gasteiger partial charge in [-0.1, -0.05) is 54.1 Å². The van der Waals surface area contributed by atoms with Crippen LogP contribution in [0.5, 0.6) is 5.75 Å². The normalized spacial score (nSPS) is 14.6. The number of benzene rings is 3. The molecule has 1 atom stereocenters. The van der Waals surface area contributed by atoms with Crippen LogP contribution < -0.4 is 15.7 Å². The van der Waals surface area contributed by atoms with E-state index in [1.807, 2.05) is 61.5 Å². The predicted octanol–water partition coefficient (Wildman–Crippen LogP) is 4.92. The van der Waals surface area contributed by atoms with E-state index in [9.17, 15) is 10.1 Å². The van der Waals surface area contributed by atoms with Crippen molar-refractivity contribution >= 4 is 5.65 Å². The lowest BCUT2D eigenvalue weighted by Gasteiger charge is -2.17. The molecule has 202 valence electrons. The molecule has 8 nitrogen and oxygen atoms in total. The molecule has 8 heteroatoms. The molecule has 0 unspecified atom stereocenters. The smallest absolute Gasteiger partial charge is 0.351 e. The zero-order valence-corrected chi connectivity index (χ0v) is 22.7. The summed E-state index contributed by atoms with van der Waals surface area (Å²) in [6, 6.07) is 28.8. The first kappa shape index (κ1) is 26.1. The highest BCUT2D eigenvalue weighted by atomic mass is 16.5. The van der Waals surface area contributed by atoms with Gasteiger partial charge in [0, 0.05) is 18.0 Å². The molecule has 0 radical (unpaired) electrons. The fraction of sp³-hybridized carbons (Fsp3) is 0.212. The Kier molecular flexibility index (Phi) is 7.08. The Morgan fingerprint density at radius 1 is 0.951 bits per heavy atom. The average molecular weight is 541 g/mol. The molecule has 0 aliphatic carbocycles. The number of aromatic nitrogens is 3. The monoisotopic (exact) mass is 540 g/mol. The summed E-state index contributed by atoms with van der Waals surface area (Å²) in [6.45, 7) is 4.64. The largest absolute Gasteiger partial charge is 0.489 e. The van der Waals surface area contributed by atoms with E-state index in [-0.39, 0.29) is 12.2 Å². The first-order chi connectivity index (χ1) is 20.0. The second-order valence-electron chi connectivity index (χ2n) is 10.4. The Bertz CT molecular complexity index is 1850. The highest BCUT2D eigenvalue weighted by Gasteiger charge is 2.23. The number of rotatable bonds is 7. The van der Waals surface area contributed by atoms with Crippen LogP contribution in [0.4, 0.5) is 0 Å². The van der Waals surface area contributed by atoms with Gasteiger partial charge in [0.25, 0.3) is 0 Å². The van der Waals surface area contributed by atoms with Crippen molar-refractivity contribution in [3.8, 4) is 40.3 Å². The van der Waals surface area contributed by atoms with Gasteiger partial charge in [0.05, 0.1) is 42.1 Å². The molecule has 3 aromatic carbocycles. The summed E-state index contributed by atoms with van der Waals surface area (Å²) in [7, 11) is 0. The summed E-state index contributed by atoms with van der Waals surface area (Å²) < 4.78 is 9.49. The van der Waals surface area contributed by atoms with Gasteiger partial charge in [-0.25, -0.2) is 13.9 Å². The van der Waals surface area contributed by atoms with Crippen LogP contribution in [0, 0.1) is 35.5 Å². The topological polar surface area (TPSA) is 108 Å². The molecule has 41 heavy (non-hydrogen) atoms. The molecule has 0 spiro atoms. The number of nitriles is 2. The summed E-state index contributed by atoms with van der Waals surface area (Å²) in [6.07, 6.45) is 1.03. The van der Waals surface area contributed by atoms with Gasteiger partial charge in [-0.15, -0.1) is 5.10 Å². The minimum atomic E-state index is -0.289. The first-order valence-electron chi connectivity index (χ1n) is 13.6. The summed E-state index contributed by atoms with van der Waals surface area (Å²) in [5, 5.41) is 26.7. The van der Waals surface area contributed by atoms with Crippen LogP contribution in [0.1, 0.15) is 28.7 Å². The Hall–Kier alpha value is -5.18. The molecule has 0 bridgehead atoms. The van der Waals surface area contributed by atoms with E-state index in [0.717, 1.165) is 47.3 Å². The van der Waals surface area contributed by atoms with Gasteiger partial charge in [0.1, 0.15) is 0 Å². The van der Waals surface area contributed by atoms with Gasteiger partial charge in [0.2, 0.25) is 5.65 Å². The highest BCUT2D eigenvalue weighted by molar-refractivity contribution is 5.85. The molecular weight excluding hydrogens is 512 g/mol. The van der Waals surface area contributed by atoms with Crippen LogP contribution in [0.25, 0.3) is 28.0 Å².